The average molecular weight is 774 g/mol. The fourth-order valence-corrected chi connectivity index (χ4v) is 6.16. The van der Waals surface area contributed by atoms with Crippen LogP contribution in [0.4, 0.5) is 0 Å². The standard InChI is InChI=1S/C22H17N2S.C15H28O2.Ir/c1-14(2)18-11-16(10-15-6-3-4-7-17(15)18)19-12-20-21(13-23-19)25-22-8-5-9-24(20)22;1-7-14(5,8-2)12(16)11-13(17)15(6,9-3)10-4;/h3-9,11-14H,1-2H3;11,16H,7-10H2,1-6H3;/q-1;;/b;12-11-;. The molecule has 0 aliphatic rings. The summed E-state index contributed by atoms with van der Waals surface area (Å²) in [4.78, 5) is 18.2. The second-order valence-corrected chi connectivity index (χ2v) is 13.2. The Balaban J connectivity index is 0.000000250. The maximum Gasteiger partial charge on any atom is 0.164 e. The molecule has 0 spiro atoms. The van der Waals surface area contributed by atoms with Gasteiger partial charge in [-0.05, 0) is 49.8 Å². The van der Waals surface area contributed by atoms with E-state index >= 15 is 0 Å². The molecule has 1 radical (unpaired) electrons. The fourth-order valence-electron chi connectivity index (χ4n) is 5.16. The number of aromatic nitrogens is 2. The van der Waals surface area contributed by atoms with E-state index in [4.69, 9.17) is 4.98 Å². The molecule has 0 fully saturated rings. The molecule has 0 saturated heterocycles. The Morgan fingerprint density at radius 1 is 1.00 bits per heavy atom. The third-order valence-corrected chi connectivity index (χ3v) is 10.4. The first-order valence-corrected chi connectivity index (χ1v) is 16.1. The van der Waals surface area contributed by atoms with Gasteiger partial charge in [0.25, 0.3) is 0 Å². The van der Waals surface area contributed by atoms with Crippen LogP contribution in [-0.2, 0) is 24.9 Å². The number of thiazole rings is 1. The smallest absolute Gasteiger partial charge is 0.164 e. The van der Waals surface area contributed by atoms with Crippen LogP contribution in [0, 0.1) is 16.9 Å². The molecule has 5 aromatic rings. The zero-order valence-electron chi connectivity index (χ0n) is 26.7. The van der Waals surface area contributed by atoms with Gasteiger partial charge in [0.2, 0.25) is 0 Å². The van der Waals surface area contributed by atoms with Crippen LogP contribution in [-0.4, -0.2) is 20.3 Å². The molecule has 0 bridgehead atoms. The molecule has 1 N–H and O–H groups in total. The first-order valence-electron chi connectivity index (χ1n) is 15.3. The van der Waals surface area contributed by atoms with Gasteiger partial charge in [-0.25, -0.2) is 0 Å². The zero-order chi connectivity index (χ0) is 30.7. The minimum absolute atomic E-state index is 0. The van der Waals surface area contributed by atoms with Crippen LogP contribution in [0.3, 0.4) is 0 Å². The second kappa shape index (κ2) is 14.3. The number of aliphatic hydroxyl groups excluding tert-OH is 1. The normalized spacial score (nSPS) is 12.4. The molecule has 231 valence electrons. The van der Waals surface area contributed by atoms with Gasteiger partial charge in [-0.2, -0.15) is 0 Å². The Morgan fingerprint density at radius 3 is 2.28 bits per heavy atom. The van der Waals surface area contributed by atoms with E-state index in [1.165, 1.54) is 32.1 Å². The number of rotatable bonds is 9. The van der Waals surface area contributed by atoms with Crippen molar-refractivity contribution in [2.45, 2.75) is 87.0 Å². The van der Waals surface area contributed by atoms with Gasteiger partial charge in [0, 0.05) is 55.1 Å². The summed E-state index contributed by atoms with van der Waals surface area (Å²) in [5.41, 5.74) is 4.00. The quantitative estimate of drug-likeness (QED) is 0.0922. The van der Waals surface area contributed by atoms with Gasteiger partial charge in [0.15, 0.2) is 5.78 Å². The van der Waals surface area contributed by atoms with E-state index < -0.39 is 0 Å². The molecule has 0 unspecified atom stereocenters. The maximum atomic E-state index is 12.2. The van der Waals surface area contributed by atoms with Gasteiger partial charge in [0.1, 0.15) is 10.6 Å². The summed E-state index contributed by atoms with van der Waals surface area (Å²) in [7, 11) is 0. The van der Waals surface area contributed by atoms with E-state index in [2.05, 4.69) is 79.0 Å². The molecule has 3 heterocycles. The Hall–Kier alpha value is -2.79. The minimum atomic E-state index is -0.337. The molecule has 6 heteroatoms. The molecular formula is C37H45IrN2O2S-. The van der Waals surface area contributed by atoms with E-state index in [1.807, 2.05) is 47.7 Å². The molecule has 0 amide bonds. The van der Waals surface area contributed by atoms with E-state index in [0.29, 0.717) is 5.92 Å². The molecule has 0 saturated carbocycles. The van der Waals surface area contributed by atoms with Crippen LogP contribution >= 0.6 is 11.3 Å². The average Bonchev–Trinajstić information content (AvgIpc) is 3.61. The van der Waals surface area contributed by atoms with Crippen LogP contribution < -0.4 is 0 Å². The van der Waals surface area contributed by atoms with Crippen molar-refractivity contribution in [3.63, 3.8) is 0 Å². The van der Waals surface area contributed by atoms with Crippen molar-refractivity contribution >= 4 is 42.9 Å². The van der Waals surface area contributed by atoms with Crippen molar-refractivity contribution in [3.8, 4) is 11.3 Å². The summed E-state index contributed by atoms with van der Waals surface area (Å²) >= 11 is 1.77. The monoisotopic (exact) mass is 774 g/mol. The summed E-state index contributed by atoms with van der Waals surface area (Å²) < 4.78 is 3.44. The number of nitrogens with zero attached hydrogens (tertiary/aromatic N) is 2. The number of allylic oxidation sites excluding steroid dienone is 2. The Bertz CT molecular complexity index is 1720. The molecule has 0 aliphatic heterocycles. The van der Waals surface area contributed by atoms with Crippen LogP contribution in [0.1, 0.15) is 92.6 Å². The molecule has 3 aromatic heterocycles. The molecule has 2 aromatic carbocycles. The number of carbonyl (C=O) groups excluding carboxylic acids is 1. The number of carbonyl (C=O) groups is 1. The number of ketones is 1. The number of fused-ring (bicyclic) bond motifs is 4. The SMILES string of the molecule is CC(C)c1cc(-c2cc3c(cn2)sc2cccn23)[c-]c2ccccc12.CCC(C)(CC)C(=O)/C=C(\O)C(C)(CC)CC.[Ir]. The van der Waals surface area contributed by atoms with Gasteiger partial charge in [0.05, 0.1) is 10.2 Å². The molecule has 43 heavy (non-hydrogen) atoms. The van der Waals surface area contributed by atoms with Gasteiger partial charge < -0.3 is 9.51 Å². The van der Waals surface area contributed by atoms with Crippen LogP contribution in [0.5, 0.6) is 0 Å². The third kappa shape index (κ3) is 7.14. The van der Waals surface area contributed by atoms with Crippen LogP contribution in [0.15, 0.2) is 72.8 Å². The summed E-state index contributed by atoms with van der Waals surface area (Å²) in [6.45, 7) is 16.6. The third-order valence-electron chi connectivity index (χ3n) is 9.34. The number of hydrogen-bond acceptors (Lipinski definition) is 4. The van der Waals surface area contributed by atoms with Crippen molar-refractivity contribution in [3.05, 3.63) is 84.4 Å². The molecule has 0 atom stereocenters. The van der Waals surface area contributed by atoms with Gasteiger partial charge in [-0.1, -0.05) is 84.5 Å². The maximum absolute atomic E-state index is 12.2. The summed E-state index contributed by atoms with van der Waals surface area (Å²) in [5, 5.41) is 12.6. The Labute approximate surface area is 274 Å². The topological polar surface area (TPSA) is 54.6 Å². The van der Waals surface area contributed by atoms with Crippen molar-refractivity contribution in [2.24, 2.45) is 10.8 Å². The molecule has 5 rings (SSSR count). The fraction of sp³-hybridized carbons (Fsp3) is 0.405. The molecular weight excluding hydrogens is 729 g/mol. The predicted octanol–water partition coefficient (Wildman–Crippen LogP) is 10.9. The van der Waals surface area contributed by atoms with Gasteiger partial charge in [-0.15, -0.1) is 40.5 Å². The zero-order valence-corrected chi connectivity index (χ0v) is 30.0. The summed E-state index contributed by atoms with van der Waals surface area (Å²) in [6.07, 6.45) is 8.85. The van der Waals surface area contributed by atoms with Crippen LogP contribution in [0.25, 0.3) is 37.1 Å². The number of pyridine rings is 1. The minimum Gasteiger partial charge on any atom is -0.512 e. The second-order valence-electron chi connectivity index (χ2n) is 12.1. The van der Waals surface area contributed by atoms with E-state index in [-0.39, 0.29) is 42.5 Å². The van der Waals surface area contributed by atoms with E-state index in [9.17, 15) is 9.90 Å². The van der Waals surface area contributed by atoms with E-state index in [0.717, 1.165) is 42.3 Å². The number of aliphatic hydroxyl groups is 1. The van der Waals surface area contributed by atoms with Gasteiger partial charge >= 0.3 is 0 Å². The van der Waals surface area contributed by atoms with Crippen molar-refractivity contribution in [1.82, 2.24) is 9.38 Å². The molecule has 4 nitrogen and oxygen atoms in total. The number of hydrogen-bond donors (Lipinski definition) is 1. The Kier molecular flexibility index (Phi) is 11.6. The Morgan fingerprint density at radius 2 is 1.65 bits per heavy atom. The largest absolute Gasteiger partial charge is 0.512 e. The van der Waals surface area contributed by atoms with Crippen molar-refractivity contribution in [2.75, 3.05) is 0 Å². The molecule has 0 aliphatic carbocycles. The first kappa shape index (κ1) is 34.7. The summed E-state index contributed by atoms with van der Waals surface area (Å²) in [5.74, 6) is 0.744. The number of benzene rings is 2. The van der Waals surface area contributed by atoms with Crippen LogP contribution in [0.2, 0.25) is 0 Å². The first-order chi connectivity index (χ1) is 20.0. The van der Waals surface area contributed by atoms with E-state index in [1.54, 1.807) is 11.3 Å². The van der Waals surface area contributed by atoms with Crippen molar-refractivity contribution < 1.29 is 30.0 Å². The van der Waals surface area contributed by atoms with Crippen molar-refractivity contribution in [1.29, 1.82) is 0 Å². The van der Waals surface area contributed by atoms with Gasteiger partial charge in [-0.3, -0.25) is 9.78 Å². The predicted molar refractivity (Wildman–Crippen MR) is 180 cm³/mol. The summed E-state index contributed by atoms with van der Waals surface area (Å²) in [6, 6.07) is 20.7.